The lowest BCUT2D eigenvalue weighted by Gasteiger charge is -2.15. The van der Waals surface area contributed by atoms with Gasteiger partial charge in [-0.15, -0.1) is 0 Å². The summed E-state index contributed by atoms with van der Waals surface area (Å²) in [4.78, 5) is 16.1. The summed E-state index contributed by atoms with van der Waals surface area (Å²) in [5.74, 6) is -0.0624. The molecule has 0 amide bonds. The SMILES string of the molecule is CCc1ccc(CCCOc2ccc(C[C@@H](C(=O)O)n3ccc(Br)c3)cc2)nc1. The van der Waals surface area contributed by atoms with Crippen LogP contribution in [-0.2, 0) is 24.1 Å². The third-order valence-electron chi connectivity index (χ3n) is 4.82. The summed E-state index contributed by atoms with van der Waals surface area (Å²) in [6.07, 6.45) is 8.68. The lowest BCUT2D eigenvalue weighted by atomic mass is 10.1. The van der Waals surface area contributed by atoms with Crippen molar-refractivity contribution in [2.45, 2.75) is 38.6 Å². The number of carboxylic acids is 1. The minimum absolute atomic E-state index is 0.413. The van der Waals surface area contributed by atoms with Crippen LogP contribution in [0.3, 0.4) is 0 Å². The molecule has 1 N–H and O–H groups in total. The molecule has 3 rings (SSSR count). The molecule has 0 fully saturated rings. The highest BCUT2D eigenvalue weighted by Crippen LogP contribution is 2.21. The fourth-order valence-corrected chi connectivity index (χ4v) is 3.45. The van der Waals surface area contributed by atoms with E-state index >= 15 is 0 Å². The van der Waals surface area contributed by atoms with E-state index in [-0.39, 0.29) is 0 Å². The summed E-state index contributed by atoms with van der Waals surface area (Å²) in [5, 5.41) is 9.55. The number of aromatic nitrogens is 2. The van der Waals surface area contributed by atoms with Gasteiger partial charge in [-0.05, 0) is 70.6 Å². The number of carboxylic acid groups (broad SMARTS) is 1. The van der Waals surface area contributed by atoms with Crippen LogP contribution >= 0.6 is 15.9 Å². The number of hydrogen-bond donors (Lipinski definition) is 1. The van der Waals surface area contributed by atoms with Crippen molar-refractivity contribution >= 4 is 21.9 Å². The van der Waals surface area contributed by atoms with Crippen LogP contribution < -0.4 is 4.74 Å². The van der Waals surface area contributed by atoms with Gasteiger partial charge in [-0.1, -0.05) is 25.1 Å². The molecule has 2 aromatic heterocycles. The van der Waals surface area contributed by atoms with Crippen molar-refractivity contribution in [3.63, 3.8) is 0 Å². The van der Waals surface area contributed by atoms with Gasteiger partial charge in [0.1, 0.15) is 11.8 Å². The number of ether oxygens (including phenoxy) is 1. The topological polar surface area (TPSA) is 64.3 Å². The van der Waals surface area contributed by atoms with Gasteiger partial charge in [0.25, 0.3) is 0 Å². The van der Waals surface area contributed by atoms with Crippen LogP contribution in [0.4, 0.5) is 0 Å². The Kier molecular flexibility index (Phi) is 7.47. The number of aryl methyl sites for hydroxylation is 2. The van der Waals surface area contributed by atoms with E-state index in [1.54, 1.807) is 17.0 Å². The second kappa shape index (κ2) is 10.3. The summed E-state index contributed by atoms with van der Waals surface area (Å²) in [7, 11) is 0. The quantitative estimate of drug-likeness (QED) is 0.431. The van der Waals surface area contributed by atoms with Gasteiger partial charge >= 0.3 is 5.97 Å². The summed E-state index contributed by atoms with van der Waals surface area (Å²) >= 11 is 3.36. The molecule has 0 saturated carbocycles. The Balaban J connectivity index is 1.48. The van der Waals surface area contributed by atoms with Gasteiger partial charge in [0.15, 0.2) is 0 Å². The van der Waals surface area contributed by atoms with Crippen molar-refractivity contribution in [2.24, 2.45) is 0 Å². The molecule has 0 aliphatic heterocycles. The number of aliphatic carboxylic acids is 1. The molecule has 152 valence electrons. The molecule has 0 saturated heterocycles. The monoisotopic (exact) mass is 456 g/mol. The van der Waals surface area contributed by atoms with Crippen LogP contribution in [0, 0.1) is 0 Å². The molecular weight excluding hydrogens is 432 g/mol. The first kappa shape index (κ1) is 21.1. The fraction of sp³-hybridized carbons (Fsp3) is 0.304. The average molecular weight is 457 g/mol. The average Bonchev–Trinajstić information content (AvgIpc) is 3.16. The Morgan fingerprint density at radius 1 is 1.17 bits per heavy atom. The number of hydrogen-bond acceptors (Lipinski definition) is 3. The van der Waals surface area contributed by atoms with Crippen LogP contribution in [0.25, 0.3) is 0 Å². The number of carbonyl (C=O) groups is 1. The zero-order valence-corrected chi connectivity index (χ0v) is 18.0. The molecule has 3 aromatic rings. The van der Waals surface area contributed by atoms with E-state index in [0.29, 0.717) is 13.0 Å². The van der Waals surface area contributed by atoms with Crippen LogP contribution in [0.1, 0.15) is 36.2 Å². The van der Waals surface area contributed by atoms with Crippen molar-refractivity contribution < 1.29 is 14.6 Å². The standard InChI is InChI=1S/C23H25BrN2O3/c1-2-17-5-8-20(25-15-17)4-3-13-29-21-9-6-18(7-10-21)14-22(23(27)28)26-12-11-19(24)16-26/h5-12,15-16,22H,2-4,13-14H2,1H3,(H,27,28)/t22-/m0/s1. The molecule has 2 heterocycles. The Bertz CT molecular complexity index is 920. The third kappa shape index (κ3) is 6.19. The number of benzene rings is 1. The highest BCUT2D eigenvalue weighted by Gasteiger charge is 2.19. The minimum Gasteiger partial charge on any atom is -0.494 e. The van der Waals surface area contributed by atoms with Gasteiger partial charge < -0.3 is 14.4 Å². The lowest BCUT2D eigenvalue weighted by molar-refractivity contribution is -0.140. The van der Waals surface area contributed by atoms with E-state index in [0.717, 1.165) is 40.7 Å². The first-order valence-electron chi connectivity index (χ1n) is 9.76. The molecule has 0 radical (unpaired) electrons. The van der Waals surface area contributed by atoms with Gasteiger partial charge in [0.05, 0.1) is 6.61 Å². The smallest absolute Gasteiger partial charge is 0.327 e. The van der Waals surface area contributed by atoms with Crippen molar-refractivity contribution in [1.82, 2.24) is 9.55 Å². The van der Waals surface area contributed by atoms with Gasteiger partial charge in [-0.25, -0.2) is 4.79 Å². The van der Waals surface area contributed by atoms with Crippen LogP contribution in [-0.4, -0.2) is 27.2 Å². The van der Waals surface area contributed by atoms with E-state index in [4.69, 9.17) is 4.74 Å². The number of nitrogens with zero attached hydrogens (tertiary/aromatic N) is 2. The Hall–Kier alpha value is -2.60. The maximum absolute atomic E-state index is 11.6. The molecule has 1 aromatic carbocycles. The fourth-order valence-electron chi connectivity index (χ4n) is 3.10. The summed E-state index contributed by atoms with van der Waals surface area (Å²) < 4.78 is 8.38. The third-order valence-corrected chi connectivity index (χ3v) is 5.28. The normalized spacial score (nSPS) is 11.9. The van der Waals surface area contributed by atoms with Crippen molar-refractivity contribution in [3.05, 3.63) is 82.3 Å². The van der Waals surface area contributed by atoms with Gasteiger partial charge in [0.2, 0.25) is 0 Å². The number of rotatable bonds is 10. The highest BCUT2D eigenvalue weighted by molar-refractivity contribution is 9.10. The van der Waals surface area contributed by atoms with Crippen LogP contribution in [0.5, 0.6) is 5.75 Å². The zero-order valence-electron chi connectivity index (χ0n) is 16.4. The Morgan fingerprint density at radius 2 is 1.93 bits per heavy atom. The predicted molar refractivity (Wildman–Crippen MR) is 116 cm³/mol. The van der Waals surface area contributed by atoms with Crippen LogP contribution in [0.2, 0.25) is 0 Å². The molecule has 0 aliphatic rings. The Morgan fingerprint density at radius 3 is 2.52 bits per heavy atom. The molecule has 6 heteroatoms. The van der Waals surface area contributed by atoms with Gasteiger partial charge in [-0.2, -0.15) is 0 Å². The maximum Gasteiger partial charge on any atom is 0.327 e. The predicted octanol–water partition coefficient (Wildman–Crippen LogP) is 5.09. The molecule has 29 heavy (non-hydrogen) atoms. The second-order valence-electron chi connectivity index (χ2n) is 6.94. The maximum atomic E-state index is 11.6. The molecule has 0 aliphatic carbocycles. The van der Waals surface area contributed by atoms with E-state index in [9.17, 15) is 9.90 Å². The van der Waals surface area contributed by atoms with Crippen LogP contribution in [0.15, 0.2) is 65.5 Å². The molecule has 0 unspecified atom stereocenters. The summed E-state index contributed by atoms with van der Waals surface area (Å²) in [5.41, 5.74) is 3.28. The second-order valence-corrected chi connectivity index (χ2v) is 7.86. The van der Waals surface area contributed by atoms with Crippen molar-refractivity contribution in [1.29, 1.82) is 0 Å². The highest BCUT2D eigenvalue weighted by atomic mass is 79.9. The summed E-state index contributed by atoms with van der Waals surface area (Å²) in [6, 6.07) is 13.0. The van der Waals surface area contributed by atoms with E-state index < -0.39 is 12.0 Å². The summed E-state index contributed by atoms with van der Waals surface area (Å²) in [6.45, 7) is 2.74. The molecule has 0 spiro atoms. The largest absolute Gasteiger partial charge is 0.494 e. The van der Waals surface area contributed by atoms with Gasteiger partial charge in [-0.3, -0.25) is 4.98 Å². The van der Waals surface area contributed by atoms with E-state index in [1.165, 1.54) is 5.56 Å². The molecule has 5 nitrogen and oxygen atoms in total. The van der Waals surface area contributed by atoms with E-state index in [2.05, 4.69) is 40.0 Å². The van der Waals surface area contributed by atoms with Crippen molar-refractivity contribution in [3.8, 4) is 5.75 Å². The minimum atomic E-state index is -0.853. The zero-order chi connectivity index (χ0) is 20.6. The lowest BCUT2D eigenvalue weighted by Crippen LogP contribution is -2.20. The van der Waals surface area contributed by atoms with Crippen molar-refractivity contribution in [2.75, 3.05) is 6.61 Å². The van der Waals surface area contributed by atoms with Gasteiger partial charge in [0, 0.05) is 35.2 Å². The molecular formula is C23H25BrN2O3. The van der Waals surface area contributed by atoms with E-state index in [1.807, 2.05) is 36.5 Å². The first-order chi connectivity index (χ1) is 14.0. The molecule has 0 bridgehead atoms. The number of halogens is 1. The number of pyridine rings is 1. The Labute approximate surface area is 179 Å². The first-order valence-corrected chi connectivity index (χ1v) is 10.6. The molecule has 1 atom stereocenters.